The van der Waals surface area contributed by atoms with E-state index in [1.807, 2.05) is 35.1 Å². The van der Waals surface area contributed by atoms with Gasteiger partial charge in [0.15, 0.2) is 0 Å². The molecule has 0 aliphatic rings. The van der Waals surface area contributed by atoms with E-state index >= 15 is 0 Å². The Labute approximate surface area is 139 Å². The molecule has 1 heterocycles. The van der Waals surface area contributed by atoms with E-state index in [1.54, 1.807) is 25.3 Å². The van der Waals surface area contributed by atoms with Crippen LogP contribution in [0.2, 0.25) is 0 Å². The molecular formula is C18H18N4O2. The van der Waals surface area contributed by atoms with Crippen molar-refractivity contribution < 1.29 is 4.92 Å². The summed E-state index contributed by atoms with van der Waals surface area (Å²) < 4.78 is 1.88. The van der Waals surface area contributed by atoms with E-state index in [9.17, 15) is 10.1 Å². The van der Waals surface area contributed by atoms with Gasteiger partial charge in [-0.1, -0.05) is 36.4 Å². The van der Waals surface area contributed by atoms with Gasteiger partial charge in [0, 0.05) is 35.6 Å². The molecule has 0 unspecified atom stereocenters. The van der Waals surface area contributed by atoms with E-state index in [0.29, 0.717) is 12.1 Å². The summed E-state index contributed by atoms with van der Waals surface area (Å²) in [5, 5.41) is 18.5. The first-order valence-electron chi connectivity index (χ1n) is 7.66. The highest BCUT2D eigenvalue weighted by atomic mass is 16.6. The summed E-state index contributed by atoms with van der Waals surface area (Å²) in [7, 11) is 0. The fraction of sp³-hybridized carbons (Fsp3) is 0.167. The van der Waals surface area contributed by atoms with Crippen LogP contribution >= 0.6 is 0 Å². The summed E-state index contributed by atoms with van der Waals surface area (Å²) in [5.41, 5.74) is 3.72. The van der Waals surface area contributed by atoms with E-state index in [-0.39, 0.29) is 10.6 Å². The molecule has 0 amide bonds. The Bertz CT molecular complexity index is 843. The van der Waals surface area contributed by atoms with E-state index in [4.69, 9.17) is 0 Å². The lowest BCUT2D eigenvalue weighted by atomic mass is 10.2. The molecule has 0 aliphatic carbocycles. The zero-order valence-electron chi connectivity index (χ0n) is 13.3. The van der Waals surface area contributed by atoms with Crippen LogP contribution in [-0.4, -0.2) is 14.7 Å². The van der Waals surface area contributed by atoms with Gasteiger partial charge >= 0.3 is 0 Å². The number of nitrogens with zero attached hydrogens (tertiary/aromatic N) is 3. The molecule has 0 fully saturated rings. The molecule has 122 valence electrons. The van der Waals surface area contributed by atoms with Crippen molar-refractivity contribution in [2.45, 2.75) is 20.0 Å². The molecule has 3 aromatic rings. The van der Waals surface area contributed by atoms with Crippen molar-refractivity contribution in [3.05, 3.63) is 87.7 Å². The molecule has 0 bridgehead atoms. The van der Waals surface area contributed by atoms with E-state index in [1.165, 1.54) is 5.56 Å². The Balaban J connectivity index is 1.63. The van der Waals surface area contributed by atoms with Crippen molar-refractivity contribution in [2.24, 2.45) is 0 Å². The molecule has 6 heteroatoms. The minimum absolute atomic E-state index is 0.125. The average molecular weight is 322 g/mol. The molecule has 0 saturated heterocycles. The number of hydrogen-bond acceptors (Lipinski definition) is 4. The number of rotatable bonds is 6. The van der Waals surface area contributed by atoms with Crippen LogP contribution in [0.15, 0.2) is 60.9 Å². The molecule has 1 N–H and O–H groups in total. The van der Waals surface area contributed by atoms with Crippen LogP contribution in [0.5, 0.6) is 0 Å². The van der Waals surface area contributed by atoms with Gasteiger partial charge in [0.05, 0.1) is 17.7 Å². The van der Waals surface area contributed by atoms with Crippen LogP contribution in [0.3, 0.4) is 0 Å². The van der Waals surface area contributed by atoms with Crippen LogP contribution in [0.4, 0.5) is 11.4 Å². The van der Waals surface area contributed by atoms with Crippen LogP contribution in [0.25, 0.3) is 0 Å². The van der Waals surface area contributed by atoms with Gasteiger partial charge in [-0.15, -0.1) is 0 Å². The normalized spacial score (nSPS) is 10.5. The molecule has 1 aromatic heterocycles. The summed E-state index contributed by atoms with van der Waals surface area (Å²) >= 11 is 0. The third-order valence-corrected chi connectivity index (χ3v) is 3.78. The average Bonchev–Trinajstić information content (AvgIpc) is 3.02. The molecule has 0 atom stereocenters. The van der Waals surface area contributed by atoms with Gasteiger partial charge in [0.1, 0.15) is 0 Å². The Kier molecular flexibility index (Phi) is 4.56. The standard InChI is InChI=1S/C18H18N4O2/c1-14-7-8-17(9-18(14)22(23)24)19-10-16-11-20-21(13-16)12-15-5-3-2-4-6-15/h2-9,11,13,19H,10,12H2,1H3. The van der Waals surface area contributed by atoms with Crippen LogP contribution in [0, 0.1) is 17.0 Å². The predicted octanol–water partition coefficient (Wildman–Crippen LogP) is 3.76. The highest BCUT2D eigenvalue weighted by molar-refractivity contribution is 5.55. The Morgan fingerprint density at radius 3 is 2.71 bits per heavy atom. The quantitative estimate of drug-likeness (QED) is 0.554. The lowest BCUT2D eigenvalue weighted by Gasteiger charge is -2.06. The molecule has 0 radical (unpaired) electrons. The number of aromatic nitrogens is 2. The maximum absolute atomic E-state index is 11.0. The lowest BCUT2D eigenvalue weighted by molar-refractivity contribution is -0.385. The van der Waals surface area contributed by atoms with E-state index in [0.717, 1.165) is 17.8 Å². The van der Waals surface area contributed by atoms with Crippen molar-refractivity contribution >= 4 is 11.4 Å². The fourth-order valence-electron chi connectivity index (χ4n) is 2.47. The highest BCUT2D eigenvalue weighted by Crippen LogP contribution is 2.22. The summed E-state index contributed by atoms with van der Waals surface area (Å²) in [6, 6.07) is 15.3. The van der Waals surface area contributed by atoms with Gasteiger partial charge in [-0.3, -0.25) is 14.8 Å². The summed E-state index contributed by atoms with van der Waals surface area (Å²) in [5.74, 6) is 0. The van der Waals surface area contributed by atoms with Gasteiger partial charge < -0.3 is 5.32 Å². The van der Waals surface area contributed by atoms with Crippen molar-refractivity contribution in [1.29, 1.82) is 0 Å². The number of nitrogens with one attached hydrogen (secondary N) is 1. The van der Waals surface area contributed by atoms with Crippen molar-refractivity contribution in [1.82, 2.24) is 9.78 Å². The van der Waals surface area contributed by atoms with Gasteiger partial charge in [-0.2, -0.15) is 5.10 Å². The monoisotopic (exact) mass is 322 g/mol. The first-order chi connectivity index (χ1) is 11.6. The van der Waals surface area contributed by atoms with Crippen molar-refractivity contribution in [3.63, 3.8) is 0 Å². The Morgan fingerprint density at radius 1 is 1.17 bits per heavy atom. The van der Waals surface area contributed by atoms with Crippen molar-refractivity contribution in [2.75, 3.05) is 5.32 Å². The number of hydrogen-bond donors (Lipinski definition) is 1. The fourth-order valence-corrected chi connectivity index (χ4v) is 2.47. The number of aryl methyl sites for hydroxylation is 1. The maximum Gasteiger partial charge on any atom is 0.274 e. The number of nitro groups is 1. The maximum atomic E-state index is 11.0. The SMILES string of the molecule is Cc1ccc(NCc2cnn(Cc3ccccc3)c2)cc1[N+](=O)[O-]. The van der Waals surface area contributed by atoms with Gasteiger partial charge in [0.25, 0.3) is 5.69 Å². The summed E-state index contributed by atoms with van der Waals surface area (Å²) in [4.78, 5) is 10.6. The second-order valence-corrected chi connectivity index (χ2v) is 5.64. The zero-order chi connectivity index (χ0) is 16.9. The minimum atomic E-state index is -0.363. The molecule has 6 nitrogen and oxygen atoms in total. The number of benzene rings is 2. The second-order valence-electron chi connectivity index (χ2n) is 5.64. The van der Waals surface area contributed by atoms with Crippen LogP contribution in [0.1, 0.15) is 16.7 Å². The molecule has 0 saturated carbocycles. The molecule has 3 rings (SSSR count). The second kappa shape index (κ2) is 6.95. The van der Waals surface area contributed by atoms with E-state index in [2.05, 4.69) is 22.5 Å². The molecule has 0 aliphatic heterocycles. The molecule has 0 spiro atoms. The third kappa shape index (κ3) is 3.78. The lowest BCUT2D eigenvalue weighted by Crippen LogP contribution is -2.01. The number of nitro benzene ring substituents is 1. The predicted molar refractivity (Wildman–Crippen MR) is 92.9 cm³/mol. The first-order valence-corrected chi connectivity index (χ1v) is 7.66. The van der Waals surface area contributed by atoms with Gasteiger partial charge in [0.2, 0.25) is 0 Å². The molecular weight excluding hydrogens is 304 g/mol. The summed E-state index contributed by atoms with van der Waals surface area (Å²) in [6.45, 7) is 3.02. The molecule has 24 heavy (non-hydrogen) atoms. The minimum Gasteiger partial charge on any atom is -0.381 e. The largest absolute Gasteiger partial charge is 0.381 e. The zero-order valence-corrected chi connectivity index (χ0v) is 13.3. The highest BCUT2D eigenvalue weighted by Gasteiger charge is 2.10. The van der Waals surface area contributed by atoms with Crippen LogP contribution in [-0.2, 0) is 13.1 Å². The summed E-state index contributed by atoms with van der Waals surface area (Å²) in [6.07, 6.45) is 3.78. The smallest absolute Gasteiger partial charge is 0.274 e. The first kappa shape index (κ1) is 15.7. The van der Waals surface area contributed by atoms with Gasteiger partial charge in [-0.25, -0.2) is 0 Å². The van der Waals surface area contributed by atoms with Gasteiger partial charge in [-0.05, 0) is 18.6 Å². The number of anilines is 1. The Morgan fingerprint density at radius 2 is 1.96 bits per heavy atom. The molecule has 2 aromatic carbocycles. The Hall–Kier alpha value is -3.15. The van der Waals surface area contributed by atoms with E-state index < -0.39 is 0 Å². The third-order valence-electron chi connectivity index (χ3n) is 3.78. The van der Waals surface area contributed by atoms with Crippen LogP contribution < -0.4 is 5.32 Å². The topological polar surface area (TPSA) is 73.0 Å². The van der Waals surface area contributed by atoms with Crippen molar-refractivity contribution in [3.8, 4) is 0 Å².